The number of aliphatic carboxylic acids is 1. The zero-order valence-corrected chi connectivity index (χ0v) is 18.5. The lowest BCUT2D eigenvalue weighted by atomic mass is 9.75. The van der Waals surface area contributed by atoms with E-state index >= 15 is 0 Å². The summed E-state index contributed by atoms with van der Waals surface area (Å²) in [5.41, 5.74) is 5.29. The molecule has 166 valence electrons. The molecule has 1 saturated carbocycles. The molecule has 0 radical (unpaired) electrons. The maximum absolute atomic E-state index is 12.4. The molecule has 0 amide bonds. The summed E-state index contributed by atoms with van der Waals surface area (Å²) in [5, 5.41) is 10.2. The van der Waals surface area contributed by atoms with Crippen molar-refractivity contribution in [3.8, 4) is 11.1 Å². The lowest BCUT2D eigenvalue weighted by molar-refractivity contribution is -0.137. The van der Waals surface area contributed by atoms with Gasteiger partial charge >= 0.3 is 5.97 Å². The van der Waals surface area contributed by atoms with Crippen LogP contribution in [0.5, 0.6) is 0 Å². The first kappa shape index (κ1) is 22.0. The minimum absolute atomic E-state index is 0.313. The number of carboxylic acids is 1. The van der Waals surface area contributed by atoms with Gasteiger partial charge in [0.15, 0.2) is 0 Å². The summed E-state index contributed by atoms with van der Waals surface area (Å²) in [5.74, 6) is -1.04. The third-order valence-corrected chi connectivity index (χ3v) is 7.00. The van der Waals surface area contributed by atoms with E-state index in [1.807, 2.05) is 18.2 Å². The highest BCUT2D eigenvalue weighted by atomic mass is 16.5. The molecule has 4 rings (SSSR count). The van der Waals surface area contributed by atoms with E-state index in [1.165, 1.54) is 18.4 Å². The number of benzene rings is 2. The zero-order chi connectivity index (χ0) is 21.8. The highest BCUT2D eigenvalue weighted by molar-refractivity contribution is 5.93. The van der Waals surface area contributed by atoms with E-state index in [4.69, 9.17) is 9.47 Å². The Labute approximate surface area is 185 Å². The van der Waals surface area contributed by atoms with Crippen LogP contribution in [0.25, 0.3) is 11.1 Å². The molecule has 0 saturated heterocycles. The molecule has 0 bridgehead atoms. The third kappa shape index (κ3) is 4.27. The average Bonchev–Trinajstić information content (AvgIpc) is 3.14. The van der Waals surface area contributed by atoms with Gasteiger partial charge in [-0.1, -0.05) is 55.3 Å². The van der Waals surface area contributed by atoms with Crippen molar-refractivity contribution >= 4 is 5.97 Å². The second-order valence-electron chi connectivity index (χ2n) is 8.65. The lowest BCUT2D eigenvalue weighted by Gasteiger charge is -2.41. The van der Waals surface area contributed by atoms with Gasteiger partial charge in [0.05, 0.1) is 13.2 Å². The number of carboxylic acid groups (broad SMARTS) is 1. The lowest BCUT2D eigenvalue weighted by Crippen LogP contribution is -2.45. The predicted octanol–water partition coefficient (Wildman–Crippen LogP) is 4.50. The first-order valence-electron chi connectivity index (χ1n) is 11.3. The minimum Gasteiger partial charge on any atom is -0.481 e. The summed E-state index contributed by atoms with van der Waals surface area (Å²) < 4.78 is 10.8. The summed E-state index contributed by atoms with van der Waals surface area (Å²) in [6, 6.07) is 14.7. The number of fused-ring (bicyclic) bond motifs is 3. The fraction of sp³-hybridized carbons (Fsp3) is 0.500. The van der Waals surface area contributed by atoms with Crippen molar-refractivity contribution in [3.63, 3.8) is 0 Å². The minimum atomic E-state index is -0.762. The fourth-order valence-corrected chi connectivity index (χ4v) is 5.64. The van der Waals surface area contributed by atoms with Crippen LogP contribution in [0.2, 0.25) is 0 Å². The van der Waals surface area contributed by atoms with E-state index in [9.17, 15) is 9.90 Å². The number of ether oxygens (including phenoxy) is 2. The van der Waals surface area contributed by atoms with E-state index < -0.39 is 11.9 Å². The van der Waals surface area contributed by atoms with Gasteiger partial charge in [-0.25, -0.2) is 0 Å². The van der Waals surface area contributed by atoms with E-state index in [-0.39, 0.29) is 0 Å². The summed E-state index contributed by atoms with van der Waals surface area (Å²) in [6.45, 7) is 3.09. The van der Waals surface area contributed by atoms with Gasteiger partial charge in [-0.2, -0.15) is 0 Å². The van der Waals surface area contributed by atoms with Gasteiger partial charge < -0.3 is 14.6 Å². The van der Waals surface area contributed by atoms with Crippen LogP contribution in [-0.4, -0.2) is 62.5 Å². The Balaban J connectivity index is 1.76. The van der Waals surface area contributed by atoms with Crippen LogP contribution < -0.4 is 0 Å². The van der Waals surface area contributed by atoms with Crippen LogP contribution >= 0.6 is 0 Å². The second kappa shape index (κ2) is 9.94. The maximum Gasteiger partial charge on any atom is 0.315 e. The molecular formula is C26H33NO4. The quantitative estimate of drug-likeness (QED) is 0.643. The second-order valence-corrected chi connectivity index (χ2v) is 8.65. The van der Waals surface area contributed by atoms with Crippen molar-refractivity contribution < 1.29 is 19.4 Å². The molecular weight excluding hydrogens is 390 g/mol. The van der Waals surface area contributed by atoms with Gasteiger partial charge in [0.2, 0.25) is 0 Å². The Morgan fingerprint density at radius 1 is 0.935 bits per heavy atom. The topological polar surface area (TPSA) is 59.0 Å². The summed E-state index contributed by atoms with van der Waals surface area (Å²) in [6.07, 6.45) is 4.58. The van der Waals surface area contributed by atoms with E-state index in [0.717, 1.165) is 48.2 Å². The summed E-state index contributed by atoms with van der Waals surface area (Å²) in [7, 11) is 3.48. The molecule has 1 fully saturated rings. The van der Waals surface area contributed by atoms with E-state index in [0.29, 0.717) is 25.2 Å². The van der Waals surface area contributed by atoms with Gasteiger partial charge in [0.25, 0.3) is 0 Å². The number of methoxy groups -OCH3 is 2. The van der Waals surface area contributed by atoms with Gasteiger partial charge in [-0.3, -0.25) is 9.69 Å². The highest BCUT2D eigenvalue weighted by Gasteiger charge is 2.39. The maximum atomic E-state index is 12.4. The number of carbonyl (C=O) groups is 1. The number of rotatable bonds is 9. The van der Waals surface area contributed by atoms with Crippen molar-refractivity contribution in [2.75, 3.05) is 40.5 Å². The van der Waals surface area contributed by atoms with Crippen LogP contribution in [0.4, 0.5) is 0 Å². The van der Waals surface area contributed by atoms with Crippen LogP contribution in [0.15, 0.2) is 42.5 Å². The molecule has 2 aliphatic carbocycles. The highest BCUT2D eigenvalue weighted by Crippen LogP contribution is 2.50. The molecule has 31 heavy (non-hydrogen) atoms. The summed E-state index contributed by atoms with van der Waals surface area (Å²) >= 11 is 0. The number of nitrogens with zero attached hydrogens (tertiary/aromatic N) is 1. The number of hydrogen-bond donors (Lipinski definition) is 1. The first-order valence-corrected chi connectivity index (χ1v) is 11.3. The SMILES string of the molecule is COCCN(CCOC)[C@@H]1CCCC[C@H]1c1cccc2c1C(C(=O)O)c1ccccc1-2. The Bertz CT molecular complexity index is 904. The van der Waals surface area contributed by atoms with E-state index in [2.05, 4.69) is 29.2 Å². The number of hydrogen-bond acceptors (Lipinski definition) is 4. The van der Waals surface area contributed by atoms with Gasteiger partial charge in [0, 0.05) is 33.4 Å². The molecule has 1 N–H and O–H groups in total. The first-order chi connectivity index (χ1) is 15.2. The Morgan fingerprint density at radius 3 is 2.29 bits per heavy atom. The normalized spacial score (nSPS) is 22.4. The van der Waals surface area contributed by atoms with Crippen molar-refractivity contribution in [1.82, 2.24) is 4.90 Å². The molecule has 2 aromatic rings. The zero-order valence-electron chi connectivity index (χ0n) is 18.5. The van der Waals surface area contributed by atoms with E-state index in [1.54, 1.807) is 14.2 Å². The van der Waals surface area contributed by atoms with Gasteiger partial charge in [0.1, 0.15) is 5.92 Å². The van der Waals surface area contributed by atoms with Gasteiger partial charge in [-0.15, -0.1) is 0 Å². The van der Waals surface area contributed by atoms with Crippen LogP contribution in [0, 0.1) is 0 Å². The molecule has 0 aliphatic heterocycles. The van der Waals surface area contributed by atoms with Crippen molar-refractivity contribution in [1.29, 1.82) is 0 Å². The predicted molar refractivity (Wildman–Crippen MR) is 122 cm³/mol. The van der Waals surface area contributed by atoms with Gasteiger partial charge in [-0.05, 0) is 46.6 Å². The Hall–Kier alpha value is -2.21. The Kier molecular flexibility index (Phi) is 7.06. The van der Waals surface area contributed by atoms with Crippen molar-refractivity contribution in [2.45, 2.75) is 43.6 Å². The van der Waals surface area contributed by atoms with Crippen LogP contribution in [-0.2, 0) is 14.3 Å². The fourth-order valence-electron chi connectivity index (χ4n) is 5.64. The van der Waals surface area contributed by atoms with Crippen LogP contribution in [0.3, 0.4) is 0 Å². The molecule has 5 nitrogen and oxygen atoms in total. The molecule has 5 heteroatoms. The standard InChI is InChI=1S/C26H33NO4/c1-30-16-14-27(15-17-31-2)23-13-6-5-9-19(23)22-12-7-11-20-18-8-3-4-10-21(18)25(24(20)22)26(28)29/h3-4,7-8,10-12,19,23,25H,5-6,9,13-17H2,1-2H3,(H,28,29)/t19-,23+,25?/m0/s1. The smallest absolute Gasteiger partial charge is 0.315 e. The molecule has 1 unspecified atom stereocenters. The largest absolute Gasteiger partial charge is 0.481 e. The Morgan fingerprint density at radius 2 is 1.58 bits per heavy atom. The summed E-state index contributed by atoms with van der Waals surface area (Å²) in [4.78, 5) is 14.9. The molecule has 3 atom stereocenters. The molecule has 0 heterocycles. The average molecular weight is 424 g/mol. The van der Waals surface area contributed by atoms with Crippen molar-refractivity contribution in [2.24, 2.45) is 0 Å². The molecule has 0 aromatic heterocycles. The molecule has 0 spiro atoms. The third-order valence-electron chi connectivity index (χ3n) is 7.00. The van der Waals surface area contributed by atoms with Crippen molar-refractivity contribution in [3.05, 3.63) is 59.2 Å². The molecule has 2 aliphatic rings. The monoisotopic (exact) mass is 423 g/mol. The molecule has 2 aromatic carbocycles. The van der Waals surface area contributed by atoms with Crippen LogP contribution in [0.1, 0.15) is 54.2 Å².